The van der Waals surface area contributed by atoms with Crippen LogP contribution >= 0.6 is 11.8 Å². The fourth-order valence-corrected chi connectivity index (χ4v) is 3.67. The van der Waals surface area contributed by atoms with Gasteiger partial charge in [0, 0.05) is 17.5 Å². The van der Waals surface area contributed by atoms with Crippen molar-refractivity contribution in [2.75, 3.05) is 32.5 Å². The van der Waals surface area contributed by atoms with Crippen molar-refractivity contribution in [3.63, 3.8) is 0 Å². The first-order valence-electron chi connectivity index (χ1n) is 8.02. The van der Waals surface area contributed by atoms with Gasteiger partial charge in [-0.25, -0.2) is 0 Å². The third-order valence-electron chi connectivity index (χ3n) is 4.13. The smallest absolute Gasteiger partial charge is 0.255 e. The molecule has 1 heterocycles. The standard InChI is InChI=1S/C17H26N2O2S/c1-4-19-10-6-7-13(19)12-18-17(20)15-11-14(22-5-2)8-9-16(15)21-3/h8-9,11,13H,4-7,10,12H2,1-3H3,(H,18,20)/t13-/m0/s1. The van der Waals surface area contributed by atoms with Crippen molar-refractivity contribution in [1.82, 2.24) is 10.2 Å². The molecule has 2 rings (SSSR count). The first-order valence-corrected chi connectivity index (χ1v) is 9.01. The van der Waals surface area contributed by atoms with E-state index in [9.17, 15) is 4.79 Å². The second-order valence-corrected chi connectivity index (χ2v) is 6.77. The van der Waals surface area contributed by atoms with E-state index in [0.29, 0.717) is 23.9 Å². The minimum atomic E-state index is -0.0432. The van der Waals surface area contributed by atoms with Gasteiger partial charge in [0.05, 0.1) is 12.7 Å². The van der Waals surface area contributed by atoms with Crippen LogP contribution in [0.4, 0.5) is 0 Å². The van der Waals surface area contributed by atoms with Gasteiger partial charge in [0.2, 0.25) is 0 Å². The molecule has 4 nitrogen and oxygen atoms in total. The molecule has 1 atom stereocenters. The zero-order valence-corrected chi connectivity index (χ0v) is 14.5. The summed E-state index contributed by atoms with van der Waals surface area (Å²) in [5.41, 5.74) is 0.627. The summed E-state index contributed by atoms with van der Waals surface area (Å²) in [6.07, 6.45) is 2.39. The second-order valence-electron chi connectivity index (χ2n) is 5.43. The number of carbonyl (C=O) groups excluding carboxylic acids is 1. The lowest BCUT2D eigenvalue weighted by molar-refractivity contribution is 0.0938. The number of nitrogens with one attached hydrogen (secondary N) is 1. The second kappa shape index (κ2) is 8.44. The maximum Gasteiger partial charge on any atom is 0.255 e. The number of thioether (sulfide) groups is 1. The van der Waals surface area contributed by atoms with Crippen molar-refractivity contribution in [3.05, 3.63) is 23.8 Å². The monoisotopic (exact) mass is 322 g/mol. The van der Waals surface area contributed by atoms with Crippen LogP contribution in [-0.4, -0.2) is 49.3 Å². The van der Waals surface area contributed by atoms with Crippen LogP contribution in [0.1, 0.15) is 37.0 Å². The largest absolute Gasteiger partial charge is 0.496 e. The summed E-state index contributed by atoms with van der Waals surface area (Å²) in [5.74, 6) is 1.58. The van der Waals surface area contributed by atoms with Gasteiger partial charge in [0.25, 0.3) is 5.91 Å². The fourth-order valence-electron chi connectivity index (χ4n) is 2.97. The van der Waals surface area contributed by atoms with Gasteiger partial charge < -0.3 is 10.1 Å². The Morgan fingerprint density at radius 2 is 2.27 bits per heavy atom. The summed E-state index contributed by atoms with van der Waals surface area (Å²) in [7, 11) is 1.61. The Morgan fingerprint density at radius 3 is 2.95 bits per heavy atom. The summed E-state index contributed by atoms with van der Waals surface area (Å²) >= 11 is 1.73. The molecule has 122 valence electrons. The molecule has 1 aromatic rings. The maximum atomic E-state index is 12.5. The Balaban J connectivity index is 2.03. The number of hydrogen-bond acceptors (Lipinski definition) is 4. The average Bonchev–Trinajstić information content (AvgIpc) is 3.00. The lowest BCUT2D eigenvalue weighted by Crippen LogP contribution is -2.40. The third kappa shape index (κ3) is 4.17. The quantitative estimate of drug-likeness (QED) is 0.784. The molecule has 0 unspecified atom stereocenters. The number of benzene rings is 1. The molecular formula is C17H26N2O2S. The Morgan fingerprint density at radius 1 is 1.45 bits per heavy atom. The molecule has 1 amide bonds. The highest BCUT2D eigenvalue weighted by Gasteiger charge is 2.24. The number of carbonyl (C=O) groups is 1. The van der Waals surface area contributed by atoms with E-state index >= 15 is 0 Å². The van der Waals surface area contributed by atoms with Crippen LogP contribution in [0, 0.1) is 0 Å². The van der Waals surface area contributed by atoms with Gasteiger partial charge in [-0.05, 0) is 49.9 Å². The van der Waals surface area contributed by atoms with Gasteiger partial charge in [-0.15, -0.1) is 11.8 Å². The van der Waals surface area contributed by atoms with Crippen molar-refractivity contribution < 1.29 is 9.53 Å². The normalized spacial score (nSPS) is 18.4. The number of hydrogen-bond donors (Lipinski definition) is 1. The van der Waals surface area contributed by atoms with Gasteiger partial charge >= 0.3 is 0 Å². The summed E-state index contributed by atoms with van der Waals surface area (Å²) < 4.78 is 5.33. The summed E-state index contributed by atoms with van der Waals surface area (Å²) in [5, 5.41) is 3.08. The molecule has 5 heteroatoms. The summed E-state index contributed by atoms with van der Waals surface area (Å²) in [6.45, 7) is 7.18. The lowest BCUT2D eigenvalue weighted by atomic mass is 10.1. The van der Waals surface area contributed by atoms with E-state index in [0.717, 1.165) is 30.2 Å². The van der Waals surface area contributed by atoms with Crippen molar-refractivity contribution in [3.8, 4) is 5.75 Å². The van der Waals surface area contributed by atoms with Gasteiger partial charge in [-0.2, -0.15) is 0 Å². The van der Waals surface area contributed by atoms with E-state index in [4.69, 9.17) is 4.74 Å². The molecule has 1 N–H and O–H groups in total. The summed E-state index contributed by atoms with van der Waals surface area (Å²) in [6, 6.07) is 6.27. The topological polar surface area (TPSA) is 41.6 Å². The van der Waals surface area contributed by atoms with Crippen molar-refractivity contribution >= 4 is 17.7 Å². The molecule has 0 radical (unpaired) electrons. The number of methoxy groups -OCH3 is 1. The first-order chi connectivity index (χ1) is 10.7. The SMILES string of the molecule is CCSc1ccc(OC)c(C(=O)NC[C@@H]2CCCN2CC)c1. The van der Waals surface area contributed by atoms with E-state index in [1.165, 1.54) is 6.42 Å². The Kier molecular flexibility index (Phi) is 6.58. The van der Waals surface area contributed by atoms with E-state index in [-0.39, 0.29) is 5.91 Å². The van der Waals surface area contributed by atoms with E-state index in [1.807, 2.05) is 18.2 Å². The van der Waals surface area contributed by atoms with Crippen LogP contribution in [0.3, 0.4) is 0 Å². The molecule has 0 spiro atoms. The third-order valence-corrected chi connectivity index (χ3v) is 5.01. The average molecular weight is 322 g/mol. The minimum absolute atomic E-state index is 0.0432. The Labute approximate surface area is 137 Å². The molecule has 22 heavy (non-hydrogen) atoms. The zero-order valence-electron chi connectivity index (χ0n) is 13.7. The van der Waals surface area contributed by atoms with E-state index in [1.54, 1.807) is 18.9 Å². The number of amides is 1. The summed E-state index contributed by atoms with van der Waals surface area (Å²) in [4.78, 5) is 16.0. The van der Waals surface area contributed by atoms with Crippen LogP contribution < -0.4 is 10.1 Å². The highest BCUT2D eigenvalue weighted by Crippen LogP contribution is 2.26. The molecule has 0 saturated carbocycles. The Bertz CT molecular complexity index is 507. The molecule has 0 aliphatic carbocycles. The number of likely N-dealkylation sites (N-methyl/N-ethyl adjacent to an activating group) is 1. The van der Waals surface area contributed by atoms with Gasteiger partial charge in [0.15, 0.2) is 0 Å². The van der Waals surface area contributed by atoms with Crippen LogP contribution in [0.25, 0.3) is 0 Å². The predicted octanol–water partition coefficient (Wildman–Crippen LogP) is 3.02. The molecule has 1 aliphatic rings. The molecule has 0 bridgehead atoms. The highest BCUT2D eigenvalue weighted by atomic mass is 32.2. The first kappa shape index (κ1) is 17.2. The highest BCUT2D eigenvalue weighted by molar-refractivity contribution is 7.99. The van der Waals surface area contributed by atoms with Gasteiger partial charge in [0.1, 0.15) is 5.75 Å². The number of likely N-dealkylation sites (tertiary alicyclic amines) is 1. The number of ether oxygens (including phenoxy) is 1. The van der Waals surface area contributed by atoms with Crippen molar-refractivity contribution in [2.24, 2.45) is 0 Å². The number of rotatable bonds is 7. The number of nitrogens with zero attached hydrogens (tertiary/aromatic N) is 1. The predicted molar refractivity (Wildman–Crippen MR) is 92.0 cm³/mol. The van der Waals surface area contributed by atoms with Crippen LogP contribution in [0.15, 0.2) is 23.1 Å². The minimum Gasteiger partial charge on any atom is -0.496 e. The zero-order chi connectivity index (χ0) is 15.9. The van der Waals surface area contributed by atoms with Crippen LogP contribution in [-0.2, 0) is 0 Å². The van der Waals surface area contributed by atoms with Crippen molar-refractivity contribution in [1.29, 1.82) is 0 Å². The van der Waals surface area contributed by atoms with Crippen LogP contribution in [0.2, 0.25) is 0 Å². The molecule has 1 aliphatic heterocycles. The fraction of sp³-hybridized carbons (Fsp3) is 0.588. The Hall–Kier alpha value is -1.20. The molecule has 1 aromatic carbocycles. The van der Waals surface area contributed by atoms with Gasteiger partial charge in [-0.1, -0.05) is 13.8 Å². The van der Waals surface area contributed by atoms with Gasteiger partial charge in [-0.3, -0.25) is 9.69 Å². The lowest BCUT2D eigenvalue weighted by Gasteiger charge is -2.23. The van der Waals surface area contributed by atoms with Crippen LogP contribution in [0.5, 0.6) is 5.75 Å². The molecule has 1 fully saturated rings. The maximum absolute atomic E-state index is 12.5. The molecular weight excluding hydrogens is 296 g/mol. The van der Waals surface area contributed by atoms with E-state index in [2.05, 4.69) is 24.1 Å². The van der Waals surface area contributed by atoms with Crippen molar-refractivity contribution in [2.45, 2.75) is 37.6 Å². The molecule has 0 aromatic heterocycles. The molecule has 1 saturated heterocycles. The van der Waals surface area contributed by atoms with E-state index < -0.39 is 0 Å².